The largest absolute Gasteiger partial charge is 0.369 e. The molecule has 0 bridgehead atoms. The minimum Gasteiger partial charge on any atom is -0.369 e. The van der Waals surface area contributed by atoms with Crippen LogP contribution in [0.2, 0.25) is 5.02 Å². The number of benzene rings is 1. The SMILES string of the molecule is C[C@H](c1ccc(Cl)cc1)C(C(N)=O)[C@@H]1CCCN1C. The monoisotopic (exact) mass is 280 g/mol. The van der Waals surface area contributed by atoms with Gasteiger partial charge in [0, 0.05) is 11.1 Å². The average molecular weight is 281 g/mol. The third-order valence-corrected chi connectivity index (χ3v) is 4.51. The number of carbonyl (C=O) groups excluding carboxylic acids is 1. The van der Waals surface area contributed by atoms with Crippen molar-refractivity contribution < 1.29 is 4.79 Å². The van der Waals surface area contributed by atoms with Gasteiger partial charge in [0.2, 0.25) is 5.91 Å². The lowest BCUT2D eigenvalue weighted by Crippen LogP contribution is -2.42. The molecule has 104 valence electrons. The number of halogens is 1. The molecule has 2 rings (SSSR count). The van der Waals surface area contributed by atoms with Crippen LogP contribution in [0.3, 0.4) is 0 Å². The topological polar surface area (TPSA) is 46.3 Å². The van der Waals surface area contributed by atoms with Gasteiger partial charge in [-0.05, 0) is 50.0 Å². The zero-order chi connectivity index (χ0) is 14.0. The fourth-order valence-corrected chi connectivity index (χ4v) is 3.26. The highest BCUT2D eigenvalue weighted by Gasteiger charge is 2.36. The standard InChI is InChI=1S/C15H21ClN2O/c1-10(11-5-7-12(16)8-6-11)14(15(17)19)13-4-3-9-18(13)2/h5-8,10,13-14H,3-4,9H2,1-2H3,(H2,17,19)/t10-,13+,14?/m1/s1. The normalized spacial score (nSPS) is 23.2. The van der Waals surface area contributed by atoms with E-state index in [1.807, 2.05) is 24.3 Å². The number of nitrogens with two attached hydrogens (primary N) is 1. The summed E-state index contributed by atoms with van der Waals surface area (Å²) < 4.78 is 0. The molecule has 19 heavy (non-hydrogen) atoms. The summed E-state index contributed by atoms with van der Waals surface area (Å²) in [4.78, 5) is 14.1. The molecule has 1 heterocycles. The molecule has 1 saturated heterocycles. The zero-order valence-corrected chi connectivity index (χ0v) is 12.2. The van der Waals surface area contributed by atoms with E-state index in [1.165, 1.54) is 0 Å². The van der Waals surface area contributed by atoms with E-state index in [0.717, 1.165) is 24.9 Å². The van der Waals surface area contributed by atoms with Crippen LogP contribution >= 0.6 is 11.6 Å². The van der Waals surface area contributed by atoms with E-state index in [-0.39, 0.29) is 23.8 Å². The Kier molecular flexibility index (Phi) is 4.48. The molecule has 4 heteroatoms. The smallest absolute Gasteiger partial charge is 0.222 e. The lowest BCUT2D eigenvalue weighted by Gasteiger charge is -2.31. The molecule has 0 aliphatic carbocycles. The minimum absolute atomic E-state index is 0.111. The van der Waals surface area contributed by atoms with Crippen molar-refractivity contribution in [2.45, 2.75) is 31.7 Å². The molecule has 1 aromatic carbocycles. The van der Waals surface area contributed by atoms with Crippen molar-refractivity contribution in [2.75, 3.05) is 13.6 Å². The van der Waals surface area contributed by atoms with Crippen molar-refractivity contribution in [3.63, 3.8) is 0 Å². The number of hydrogen-bond donors (Lipinski definition) is 1. The molecule has 1 amide bonds. The number of rotatable bonds is 4. The zero-order valence-electron chi connectivity index (χ0n) is 11.5. The van der Waals surface area contributed by atoms with Crippen LogP contribution in [-0.4, -0.2) is 30.4 Å². The third-order valence-electron chi connectivity index (χ3n) is 4.25. The van der Waals surface area contributed by atoms with Gasteiger partial charge in [-0.15, -0.1) is 0 Å². The summed E-state index contributed by atoms with van der Waals surface area (Å²) in [6.07, 6.45) is 2.18. The number of likely N-dealkylation sites (tertiary alicyclic amines) is 1. The first-order valence-electron chi connectivity index (χ1n) is 6.75. The predicted octanol–water partition coefficient (Wildman–Crippen LogP) is 2.64. The van der Waals surface area contributed by atoms with E-state index in [1.54, 1.807) is 0 Å². The molecular formula is C15H21ClN2O. The number of amides is 1. The van der Waals surface area contributed by atoms with Crippen LogP contribution < -0.4 is 5.73 Å². The van der Waals surface area contributed by atoms with E-state index in [9.17, 15) is 4.79 Å². The Hall–Kier alpha value is -1.06. The quantitative estimate of drug-likeness (QED) is 0.922. The van der Waals surface area contributed by atoms with Crippen LogP contribution in [-0.2, 0) is 4.79 Å². The molecule has 0 radical (unpaired) electrons. The number of carbonyl (C=O) groups is 1. The van der Waals surface area contributed by atoms with Crippen molar-refractivity contribution in [2.24, 2.45) is 11.7 Å². The van der Waals surface area contributed by atoms with Crippen molar-refractivity contribution in [1.29, 1.82) is 0 Å². The first-order valence-corrected chi connectivity index (χ1v) is 7.13. The van der Waals surface area contributed by atoms with Crippen LogP contribution in [0.5, 0.6) is 0 Å². The highest BCUT2D eigenvalue weighted by molar-refractivity contribution is 6.30. The molecule has 0 spiro atoms. The summed E-state index contributed by atoms with van der Waals surface area (Å²) in [5.74, 6) is -0.241. The minimum atomic E-state index is -0.207. The van der Waals surface area contributed by atoms with Crippen molar-refractivity contribution in [3.05, 3.63) is 34.9 Å². The summed E-state index contributed by atoms with van der Waals surface area (Å²) >= 11 is 5.91. The first-order chi connectivity index (χ1) is 9.00. The Bertz CT molecular complexity index is 446. The molecule has 1 fully saturated rings. The summed E-state index contributed by atoms with van der Waals surface area (Å²) in [6.45, 7) is 3.12. The first kappa shape index (κ1) is 14.4. The molecule has 2 N–H and O–H groups in total. The van der Waals surface area contributed by atoms with E-state index in [4.69, 9.17) is 17.3 Å². The Balaban J connectivity index is 2.23. The van der Waals surface area contributed by atoms with E-state index < -0.39 is 0 Å². The van der Waals surface area contributed by atoms with Crippen LogP contribution in [0, 0.1) is 5.92 Å². The summed E-state index contributed by atoms with van der Waals surface area (Å²) in [7, 11) is 2.07. The Morgan fingerprint density at radius 2 is 2.05 bits per heavy atom. The van der Waals surface area contributed by atoms with Gasteiger partial charge in [-0.2, -0.15) is 0 Å². The van der Waals surface area contributed by atoms with Gasteiger partial charge in [-0.3, -0.25) is 4.79 Å². The van der Waals surface area contributed by atoms with Crippen molar-refractivity contribution in [3.8, 4) is 0 Å². The fraction of sp³-hybridized carbons (Fsp3) is 0.533. The number of nitrogens with zero attached hydrogens (tertiary/aromatic N) is 1. The van der Waals surface area contributed by atoms with Gasteiger partial charge >= 0.3 is 0 Å². The number of hydrogen-bond acceptors (Lipinski definition) is 2. The van der Waals surface area contributed by atoms with Crippen molar-refractivity contribution >= 4 is 17.5 Å². The van der Waals surface area contributed by atoms with Crippen LogP contribution in [0.25, 0.3) is 0 Å². The molecule has 0 aromatic heterocycles. The molecule has 1 unspecified atom stereocenters. The second kappa shape index (κ2) is 5.93. The second-order valence-electron chi connectivity index (χ2n) is 5.46. The van der Waals surface area contributed by atoms with Gasteiger partial charge < -0.3 is 10.6 Å². The Morgan fingerprint density at radius 3 is 2.53 bits per heavy atom. The molecule has 3 atom stereocenters. The van der Waals surface area contributed by atoms with Gasteiger partial charge in [-0.1, -0.05) is 30.7 Å². The maximum absolute atomic E-state index is 11.9. The Morgan fingerprint density at radius 1 is 1.42 bits per heavy atom. The third kappa shape index (κ3) is 3.10. The fourth-order valence-electron chi connectivity index (χ4n) is 3.13. The summed E-state index contributed by atoms with van der Waals surface area (Å²) in [6, 6.07) is 7.95. The highest BCUT2D eigenvalue weighted by Crippen LogP contribution is 2.33. The summed E-state index contributed by atoms with van der Waals surface area (Å²) in [5.41, 5.74) is 6.77. The van der Waals surface area contributed by atoms with E-state index in [2.05, 4.69) is 18.9 Å². The Labute approximate surface area is 119 Å². The van der Waals surface area contributed by atoms with Gasteiger partial charge in [0.15, 0.2) is 0 Å². The lowest BCUT2D eigenvalue weighted by molar-refractivity contribution is -0.124. The number of primary amides is 1. The molecule has 1 aliphatic rings. The highest BCUT2D eigenvalue weighted by atomic mass is 35.5. The predicted molar refractivity (Wildman–Crippen MR) is 78.2 cm³/mol. The second-order valence-corrected chi connectivity index (χ2v) is 5.89. The van der Waals surface area contributed by atoms with E-state index >= 15 is 0 Å². The molecule has 3 nitrogen and oxygen atoms in total. The van der Waals surface area contributed by atoms with E-state index in [0.29, 0.717) is 5.02 Å². The van der Waals surface area contributed by atoms with Crippen LogP contribution in [0.15, 0.2) is 24.3 Å². The molecule has 1 aliphatic heterocycles. The molecular weight excluding hydrogens is 260 g/mol. The summed E-state index contributed by atoms with van der Waals surface area (Å²) in [5, 5.41) is 0.713. The van der Waals surface area contributed by atoms with Crippen LogP contribution in [0.1, 0.15) is 31.2 Å². The van der Waals surface area contributed by atoms with Crippen molar-refractivity contribution in [1.82, 2.24) is 4.90 Å². The van der Waals surface area contributed by atoms with Gasteiger partial charge in [0.25, 0.3) is 0 Å². The van der Waals surface area contributed by atoms with Gasteiger partial charge in [-0.25, -0.2) is 0 Å². The maximum Gasteiger partial charge on any atom is 0.222 e. The van der Waals surface area contributed by atoms with Gasteiger partial charge in [0.1, 0.15) is 0 Å². The molecule has 0 saturated carbocycles. The average Bonchev–Trinajstić information content (AvgIpc) is 2.76. The lowest BCUT2D eigenvalue weighted by atomic mass is 9.81. The van der Waals surface area contributed by atoms with Gasteiger partial charge in [0.05, 0.1) is 5.92 Å². The maximum atomic E-state index is 11.9. The van der Waals surface area contributed by atoms with Crippen LogP contribution in [0.4, 0.5) is 0 Å². The molecule has 1 aromatic rings.